The van der Waals surface area contributed by atoms with Gasteiger partial charge in [-0.3, -0.25) is 0 Å². The average Bonchev–Trinajstić information content (AvgIpc) is 2.46. The second kappa shape index (κ2) is 6.57. The number of nitrogens with one attached hydrogen (secondary N) is 1. The summed E-state index contributed by atoms with van der Waals surface area (Å²) in [6.07, 6.45) is 0. The Morgan fingerprint density at radius 1 is 1.05 bits per heavy atom. The Hall–Kier alpha value is -1.41. The summed E-state index contributed by atoms with van der Waals surface area (Å²) < 4.78 is 27.7. The Labute approximate surface area is 131 Å². The Morgan fingerprint density at radius 3 is 2.14 bits per heavy atom. The second-order valence-electron chi connectivity index (χ2n) is 4.40. The van der Waals surface area contributed by atoms with Gasteiger partial charge in [0, 0.05) is 4.47 Å². The normalized spacial score (nSPS) is 13.0. The molecule has 0 aliphatic heterocycles. The van der Waals surface area contributed by atoms with E-state index in [1.54, 1.807) is 24.3 Å². The highest BCUT2D eigenvalue weighted by molar-refractivity contribution is 9.10. The lowest BCUT2D eigenvalue weighted by Gasteiger charge is -2.17. The molecule has 0 saturated carbocycles. The molecule has 2 aromatic rings. The first-order chi connectivity index (χ1) is 9.92. The van der Waals surface area contributed by atoms with Gasteiger partial charge in [0.15, 0.2) is 0 Å². The van der Waals surface area contributed by atoms with Gasteiger partial charge in [-0.05, 0) is 42.0 Å². The third kappa shape index (κ3) is 4.04. The first-order valence-corrected chi connectivity index (χ1v) is 8.37. The standard InChI is InChI=1S/C14H14BrNO4S/c15-11-3-7-13(8-4-11)21(19,20)16-14(9-17)10-1-5-12(18)6-2-10/h1-8,14,16-18H,9H2. The van der Waals surface area contributed by atoms with Crippen LogP contribution in [0.2, 0.25) is 0 Å². The zero-order valence-electron chi connectivity index (χ0n) is 10.9. The summed E-state index contributed by atoms with van der Waals surface area (Å²) in [6.45, 7) is -0.388. The van der Waals surface area contributed by atoms with E-state index in [1.165, 1.54) is 24.3 Å². The van der Waals surface area contributed by atoms with Crippen LogP contribution in [0.4, 0.5) is 0 Å². The quantitative estimate of drug-likeness (QED) is 0.751. The molecule has 2 rings (SSSR count). The predicted octanol–water partition coefficient (Wildman–Crippen LogP) is 2.17. The number of rotatable bonds is 5. The fraction of sp³-hybridized carbons (Fsp3) is 0.143. The molecule has 0 aliphatic carbocycles. The number of aromatic hydroxyl groups is 1. The largest absolute Gasteiger partial charge is 0.508 e. The van der Waals surface area contributed by atoms with Crippen molar-refractivity contribution in [1.82, 2.24) is 4.72 Å². The van der Waals surface area contributed by atoms with Crippen LogP contribution >= 0.6 is 15.9 Å². The van der Waals surface area contributed by atoms with Gasteiger partial charge in [-0.25, -0.2) is 13.1 Å². The molecule has 0 fully saturated rings. The number of hydrogen-bond donors (Lipinski definition) is 3. The molecule has 0 radical (unpaired) electrons. The monoisotopic (exact) mass is 371 g/mol. The maximum Gasteiger partial charge on any atom is 0.241 e. The average molecular weight is 372 g/mol. The lowest BCUT2D eigenvalue weighted by atomic mass is 10.1. The van der Waals surface area contributed by atoms with E-state index in [0.717, 1.165) is 4.47 Å². The second-order valence-corrected chi connectivity index (χ2v) is 7.03. The summed E-state index contributed by atoms with van der Waals surface area (Å²) in [4.78, 5) is 0.114. The van der Waals surface area contributed by atoms with Gasteiger partial charge in [0.1, 0.15) is 5.75 Å². The van der Waals surface area contributed by atoms with Crippen LogP contribution in [0.25, 0.3) is 0 Å². The first-order valence-electron chi connectivity index (χ1n) is 6.10. The molecule has 0 aliphatic rings. The number of phenols is 1. The summed E-state index contributed by atoms with van der Waals surface area (Å²) in [5.41, 5.74) is 0.566. The van der Waals surface area contributed by atoms with Crippen molar-refractivity contribution in [2.75, 3.05) is 6.61 Å². The van der Waals surface area contributed by atoms with Crippen LogP contribution in [0, 0.1) is 0 Å². The Kier molecular flexibility index (Phi) is 5.00. The zero-order chi connectivity index (χ0) is 15.5. The molecule has 2 aromatic carbocycles. The predicted molar refractivity (Wildman–Crippen MR) is 82.4 cm³/mol. The number of hydrogen-bond acceptors (Lipinski definition) is 4. The Balaban J connectivity index is 2.24. The zero-order valence-corrected chi connectivity index (χ0v) is 13.3. The summed E-state index contributed by atoms with van der Waals surface area (Å²) in [7, 11) is -3.74. The molecule has 21 heavy (non-hydrogen) atoms. The van der Waals surface area contributed by atoms with Gasteiger partial charge in [-0.1, -0.05) is 28.1 Å². The van der Waals surface area contributed by atoms with E-state index in [4.69, 9.17) is 0 Å². The molecule has 0 amide bonds. The van der Waals surface area contributed by atoms with Gasteiger partial charge >= 0.3 is 0 Å². The summed E-state index contributed by atoms with van der Waals surface area (Å²) in [6, 6.07) is 11.4. The van der Waals surface area contributed by atoms with Gasteiger partial charge in [0.25, 0.3) is 0 Å². The highest BCUT2D eigenvalue weighted by atomic mass is 79.9. The van der Waals surface area contributed by atoms with E-state index in [0.29, 0.717) is 5.56 Å². The van der Waals surface area contributed by atoms with E-state index in [9.17, 15) is 18.6 Å². The van der Waals surface area contributed by atoms with Gasteiger partial charge in [0.05, 0.1) is 17.5 Å². The van der Waals surface area contributed by atoms with Crippen LogP contribution in [-0.2, 0) is 10.0 Å². The number of aliphatic hydroxyl groups is 1. The van der Waals surface area contributed by atoms with Crippen molar-refractivity contribution >= 4 is 26.0 Å². The minimum absolute atomic E-state index is 0.0752. The number of sulfonamides is 1. The van der Waals surface area contributed by atoms with E-state index in [2.05, 4.69) is 20.7 Å². The van der Waals surface area contributed by atoms with E-state index in [1.807, 2.05) is 0 Å². The fourth-order valence-electron chi connectivity index (χ4n) is 1.79. The van der Waals surface area contributed by atoms with Crippen molar-refractivity contribution in [3.8, 4) is 5.75 Å². The number of aliphatic hydroxyl groups excluding tert-OH is 1. The van der Waals surface area contributed by atoms with E-state index in [-0.39, 0.29) is 17.3 Å². The van der Waals surface area contributed by atoms with Gasteiger partial charge in [0.2, 0.25) is 10.0 Å². The van der Waals surface area contributed by atoms with Crippen LogP contribution in [0.3, 0.4) is 0 Å². The van der Waals surface area contributed by atoms with Crippen molar-refractivity contribution in [1.29, 1.82) is 0 Å². The smallest absolute Gasteiger partial charge is 0.241 e. The molecule has 0 aromatic heterocycles. The molecule has 0 heterocycles. The lowest BCUT2D eigenvalue weighted by molar-refractivity contribution is 0.259. The van der Waals surface area contributed by atoms with Gasteiger partial charge in [-0.2, -0.15) is 0 Å². The molecule has 3 N–H and O–H groups in total. The van der Waals surface area contributed by atoms with Crippen LogP contribution in [0.1, 0.15) is 11.6 Å². The third-order valence-electron chi connectivity index (χ3n) is 2.90. The molecular weight excluding hydrogens is 358 g/mol. The lowest BCUT2D eigenvalue weighted by Crippen LogP contribution is -2.30. The molecule has 7 heteroatoms. The van der Waals surface area contributed by atoms with Crippen LogP contribution in [-0.4, -0.2) is 25.2 Å². The van der Waals surface area contributed by atoms with Crippen molar-refractivity contribution in [3.05, 3.63) is 58.6 Å². The van der Waals surface area contributed by atoms with Crippen LogP contribution in [0.15, 0.2) is 57.9 Å². The summed E-state index contributed by atoms with van der Waals surface area (Å²) >= 11 is 3.24. The molecule has 5 nitrogen and oxygen atoms in total. The van der Waals surface area contributed by atoms with Crippen LogP contribution < -0.4 is 4.72 Å². The SMILES string of the molecule is O=S(=O)(NC(CO)c1ccc(O)cc1)c1ccc(Br)cc1. The highest BCUT2D eigenvalue weighted by Gasteiger charge is 2.20. The van der Waals surface area contributed by atoms with Crippen molar-refractivity contribution in [2.24, 2.45) is 0 Å². The van der Waals surface area contributed by atoms with E-state index >= 15 is 0 Å². The van der Waals surface area contributed by atoms with Gasteiger partial charge in [-0.15, -0.1) is 0 Å². The van der Waals surface area contributed by atoms with Crippen molar-refractivity contribution < 1.29 is 18.6 Å². The topological polar surface area (TPSA) is 86.6 Å². The summed E-state index contributed by atoms with van der Waals surface area (Å²) in [5.74, 6) is 0.0752. The molecule has 0 saturated heterocycles. The van der Waals surface area contributed by atoms with Crippen LogP contribution in [0.5, 0.6) is 5.75 Å². The van der Waals surface area contributed by atoms with E-state index < -0.39 is 16.1 Å². The molecule has 1 unspecified atom stereocenters. The first kappa shape index (κ1) is 16.0. The number of benzene rings is 2. The maximum absolute atomic E-state index is 12.3. The molecule has 112 valence electrons. The Morgan fingerprint density at radius 2 is 1.62 bits per heavy atom. The van der Waals surface area contributed by atoms with Gasteiger partial charge < -0.3 is 10.2 Å². The van der Waals surface area contributed by atoms with Crippen molar-refractivity contribution in [2.45, 2.75) is 10.9 Å². The molecule has 1 atom stereocenters. The minimum atomic E-state index is -3.74. The minimum Gasteiger partial charge on any atom is -0.508 e. The molecule has 0 spiro atoms. The Bertz CT molecular complexity index is 699. The summed E-state index contributed by atoms with van der Waals surface area (Å²) in [5, 5.41) is 18.6. The number of phenolic OH excluding ortho intramolecular Hbond substituents is 1. The molecular formula is C14H14BrNO4S. The highest BCUT2D eigenvalue weighted by Crippen LogP contribution is 2.20. The van der Waals surface area contributed by atoms with Crippen molar-refractivity contribution in [3.63, 3.8) is 0 Å². The maximum atomic E-state index is 12.3. The number of halogens is 1. The fourth-order valence-corrected chi connectivity index (χ4v) is 3.27. The molecule has 0 bridgehead atoms. The third-order valence-corrected chi connectivity index (χ3v) is 4.92.